The molecule has 0 aliphatic rings. The molecule has 0 spiro atoms. The van der Waals surface area contributed by atoms with Crippen LogP contribution < -0.4 is 4.52 Å². The molecule has 0 radical (unpaired) electrons. The topological polar surface area (TPSA) is 44.8 Å². The molecule has 120 valence electrons. The summed E-state index contributed by atoms with van der Waals surface area (Å²) in [5.74, 6) is 0.561. The maximum Gasteiger partial charge on any atom is 0.530 e. The largest absolute Gasteiger partial charge is 0.530 e. The molecular formula is C16H27O4P. The van der Waals surface area contributed by atoms with Crippen molar-refractivity contribution >= 4 is 7.82 Å². The quantitative estimate of drug-likeness (QED) is 0.427. The van der Waals surface area contributed by atoms with Gasteiger partial charge in [-0.3, -0.25) is 9.05 Å². The summed E-state index contributed by atoms with van der Waals surface area (Å²) in [6.07, 6.45) is 3.60. The Kier molecular flexibility index (Phi) is 8.02. The van der Waals surface area contributed by atoms with Crippen LogP contribution in [0.4, 0.5) is 0 Å². The highest BCUT2D eigenvalue weighted by atomic mass is 31.2. The molecule has 0 atom stereocenters. The van der Waals surface area contributed by atoms with Crippen LogP contribution in [0.1, 0.15) is 50.7 Å². The van der Waals surface area contributed by atoms with Crippen molar-refractivity contribution in [3.63, 3.8) is 0 Å². The van der Waals surface area contributed by atoms with Gasteiger partial charge < -0.3 is 4.52 Å². The van der Waals surface area contributed by atoms with Crippen LogP contribution in [0.25, 0.3) is 0 Å². The van der Waals surface area contributed by atoms with Crippen molar-refractivity contribution in [3.05, 3.63) is 29.3 Å². The lowest BCUT2D eigenvalue weighted by molar-refractivity contribution is 0.152. The first kappa shape index (κ1) is 18.2. The number of phosphoric ester groups is 1. The molecule has 0 unspecified atom stereocenters. The predicted octanol–water partition coefficient (Wildman–Crippen LogP) is 5.42. The van der Waals surface area contributed by atoms with Gasteiger partial charge in [0.05, 0.1) is 13.2 Å². The minimum absolute atomic E-state index is 0.380. The van der Waals surface area contributed by atoms with E-state index in [1.807, 2.05) is 26.0 Å². The summed E-state index contributed by atoms with van der Waals surface area (Å²) in [5, 5.41) is 0. The van der Waals surface area contributed by atoms with Crippen LogP contribution in [0.15, 0.2) is 18.2 Å². The van der Waals surface area contributed by atoms with Crippen molar-refractivity contribution in [2.75, 3.05) is 13.2 Å². The van der Waals surface area contributed by atoms with Crippen LogP contribution in [-0.2, 0) is 13.6 Å². The molecule has 0 bridgehead atoms. The second-order valence-corrected chi connectivity index (χ2v) is 6.70. The second-order valence-electron chi connectivity index (χ2n) is 5.11. The minimum atomic E-state index is -3.55. The molecule has 0 amide bonds. The molecule has 4 nitrogen and oxygen atoms in total. The Morgan fingerprint density at radius 3 is 2.10 bits per heavy atom. The summed E-state index contributed by atoms with van der Waals surface area (Å²) < 4.78 is 29.2. The van der Waals surface area contributed by atoms with Gasteiger partial charge in [-0.1, -0.05) is 38.8 Å². The first-order valence-electron chi connectivity index (χ1n) is 7.67. The lowest BCUT2D eigenvalue weighted by Crippen LogP contribution is -2.06. The third kappa shape index (κ3) is 6.21. The van der Waals surface area contributed by atoms with E-state index in [1.54, 1.807) is 6.07 Å². The second kappa shape index (κ2) is 9.24. The highest BCUT2D eigenvalue weighted by Gasteiger charge is 2.29. The fraction of sp³-hybridized carbons (Fsp3) is 0.625. The average molecular weight is 314 g/mol. The van der Waals surface area contributed by atoms with Crippen molar-refractivity contribution in [1.82, 2.24) is 0 Å². The fourth-order valence-electron chi connectivity index (χ4n) is 1.67. The molecule has 0 fully saturated rings. The maximum atomic E-state index is 12.7. The number of hydrogen-bond acceptors (Lipinski definition) is 4. The number of rotatable bonds is 10. The van der Waals surface area contributed by atoms with Gasteiger partial charge in [0.15, 0.2) is 0 Å². The molecule has 0 aromatic heterocycles. The number of aryl methyl sites for hydroxylation is 1. The van der Waals surface area contributed by atoms with Crippen LogP contribution in [0, 0.1) is 13.8 Å². The lowest BCUT2D eigenvalue weighted by atomic mass is 10.1. The summed E-state index contributed by atoms with van der Waals surface area (Å²) in [6, 6.07) is 5.66. The third-order valence-corrected chi connectivity index (χ3v) is 4.68. The van der Waals surface area contributed by atoms with Crippen molar-refractivity contribution in [2.45, 2.75) is 53.4 Å². The normalized spacial score (nSPS) is 11.6. The van der Waals surface area contributed by atoms with Crippen molar-refractivity contribution in [1.29, 1.82) is 0 Å². The zero-order valence-electron chi connectivity index (χ0n) is 13.6. The molecule has 1 rings (SSSR count). The number of unbranched alkanes of at least 4 members (excludes halogenated alkanes) is 2. The van der Waals surface area contributed by atoms with Crippen molar-refractivity contribution in [3.8, 4) is 5.75 Å². The van der Waals surface area contributed by atoms with Gasteiger partial charge in [-0.05, 0) is 43.9 Å². The first-order chi connectivity index (χ1) is 10.0. The highest BCUT2D eigenvalue weighted by molar-refractivity contribution is 7.48. The smallest absolute Gasteiger partial charge is 0.404 e. The van der Waals surface area contributed by atoms with Crippen LogP contribution in [-0.4, -0.2) is 13.2 Å². The fourth-order valence-corrected chi connectivity index (χ4v) is 3.00. The van der Waals surface area contributed by atoms with E-state index < -0.39 is 7.82 Å². The third-order valence-electron chi connectivity index (χ3n) is 3.26. The van der Waals surface area contributed by atoms with E-state index in [-0.39, 0.29) is 0 Å². The van der Waals surface area contributed by atoms with Gasteiger partial charge in [-0.2, -0.15) is 0 Å². The molecule has 0 saturated carbocycles. The van der Waals surface area contributed by atoms with Crippen molar-refractivity contribution < 1.29 is 18.1 Å². The van der Waals surface area contributed by atoms with E-state index >= 15 is 0 Å². The first-order valence-corrected chi connectivity index (χ1v) is 9.13. The van der Waals surface area contributed by atoms with E-state index in [0.717, 1.165) is 36.8 Å². The standard InChI is InChI=1S/C16H27O4P/c1-5-7-12-18-21(17,19-13-8-6-2)20-16-11-9-10-14(3)15(16)4/h9-11H,5-8,12-13H2,1-4H3. The predicted molar refractivity (Wildman–Crippen MR) is 85.9 cm³/mol. The molecule has 0 heterocycles. The summed E-state index contributed by atoms with van der Waals surface area (Å²) in [4.78, 5) is 0. The van der Waals surface area contributed by atoms with Crippen LogP contribution in [0.3, 0.4) is 0 Å². The van der Waals surface area contributed by atoms with Gasteiger partial charge in [0.2, 0.25) is 0 Å². The van der Waals surface area contributed by atoms with Gasteiger partial charge in [0.1, 0.15) is 5.75 Å². The van der Waals surface area contributed by atoms with Crippen LogP contribution in [0.2, 0.25) is 0 Å². The average Bonchev–Trinajstić information content (AvgIpc) is 2.45. The van der Waals surface area contributed by atoms with E-state index in [0.29, 0.717) is 19.0 Å². The van der Waals surface area contributed by atoms with E-state index in [4.69, 9.17) is 13.6 Å². The van der Waals surface area contributed by atoms with Crippen LogP contribution >= 0.6 is 7.82 Å². The molecule has 21 heavy (non-hydrogen) atoms. The Morgan fingerprint density at radius 1 is 1.00 bits per heavy atom. The van der Waals surface area contributed by atoms with E-state index in [1.165, 1.54) is 0 Å². The summed E-state index contributed by atoms with van der Waals surface area (Å²) >= 11 is 0. The minimum Gasteiger partial charge on any atom is -0.404 e. The Labute approximate surface area is 128 Å². The molecule has 0 N–H and O–H groups in total. The van der Waals surface area contributed by atoms with Gasteiger partial charge in [-0.25, -0.2) is 4.57 Å². The van der Waals surface area contributed by atoms with Gasteiger partial charge in [0, 0.05) is 0 Å². The molecule has 0 aliphatic carbocycles. The van der Waals surface area contributed by atoms with Gasteiger partial charge in [0.25, 0.3) is 0 Å². The molecule has 0 aliphatic heterocycles. The zero-order valence-corrected chi connectivity index (χ0v) is 14.4. The zero-order chi connectivity index (χ0) is 15.7. The molecule has 0 saturated heterocycles. The Hall–Kier alpha value is -0.830. The van der Waals surface area contributed by atoms with Crippen molar-refractivity contribution in [2.24, 2.45) is 0 Å². The molecule has 5 heteroatoms. The summed E-state index contributed by atoms with van der Waals surface area (Å²) in [7, 11) is -3.55. The molecule has 1 aromatic rings. The van der Waals surface area contributed by atoms with E-state index in [9.17, 15) is 4.57 Å². The molecule has 1 aromatic carbocycles. The van der Waals surface area contributed by atoms with E-state index in [2.05, 4.69) is 13.8 Å². The maximum absolute atomic E-state index is 12.7. The van der Waals surface area contributed by atoms with Crippen LogP contribution in [0.5, 0.6) is 5.75 Å². The summed E-state index contributed by atoms with van der Waals surface area (Å²) in [6.45, 7) is 8.79. The number of benzene rings is 1. The van der Waals surface area contributed by atoms with Gasteiger partial charge >= 0.3 is 7.82 Å². The number of phosphoric acid groups is 1. The lowest BCUT2D eigenvalue weighted by Gasteiger charge is -2.20. The molecular weight excluding hydrogens is 287 g/mol. The Balaban J connectivity index is 2.79. The monoisotopic (exact) mass is 314 g/mol. The number of hydrogen-bond donors (Lipinski definition) is 0. The highest BCUT2D eigenvalue weighted by Crippen LogP contribution is 2.50. The SMILES string of the molecule is CCCCOP(=O)(OCCCC)Oc1cccc(C)c1C. The summed E-state index contributed by atoms with van der Waals surface area (Å²) in [5.41, 5.74) is 2.04. The Bertz CT molecular complexity index is 459. The van der Waals surface area contributed by atoms with Gasteiger partial charge in [-0.15, -0.1) is 0 Å². The Morgan fingerprint density at radius 2 is 1.57 bits per heavy atom.